The van der Waals surface area contributed by atoms with Gasteiger partial charge in [-0.3, -0.25) is 24.2 Å². The summed E-state index contributed by atoms with van der Waals surface area (Å²) in [5.41, 5.74) is 2.73. The fourth-order valence-electron chi connectivity index (χ4n) is 3.67. The Morgan fingerprint density at radius 2 is 1.71 bits per heavy atom. The molecule has 0 unspecified atom stereocenters. The Balaban J connectivity index is 1.53. The number of nitrogens with zero attached hydrogens (tertiary/aromatic N) is 2. The first kappa shape index (κ1) is 21.3. The van der Waals surface area contributed by atoms with E-state index in [9.17, 15) is 14.4 Å². The lowest BCUT2D eigenvalue weighted by molar-refractivity contribution is -0.122. The molecule has 0 aliphatic carbocycles. The number of para-hydroxylation sites is 1. The maximum atomic E-state index is 13.3. The van der Waals surface area contributed by atoms with E-state index in [-0.39, 0.29) is 24.3 Å². The topological polar surface area (TPSA) is 69.7 Å². The van der Waals surface area contributed by atoms with Crippen LogP contribution in [0.4, 0.5) is 5.69 Å². The highest BCUT2D eigenvalue weighted by Gasteiger charge is 2.41. The molecule has 1 saturated heterocycles. The van der Waals surface area contributed by atoms with Gasteiger partial charge in [0.05, 0.1) is 16.2 Å². The molecule has 0 saturated carbocycles. The minimum absolute atomic E-state index is 0.109. The van der Waals surface area contributed by atoms with Crippen molar-refractivity contribution in [1.29, 1.82) is 0 Å². The van der Waals surface area contributed by atoms with E-state index in [1.54, 1.807) is 12.1 Å². The Labute approximate surface area is 190 Å². The van der Waals surface area contributed by atoms with Gasteiger partial charge in [0.1, 0.15) is 10.9 Å². The lowest BCUT2D eigenvalue weighted by atomic mass is 10.1. The minimum atomic E-state index is -0.351. The summed E-state index contributed by atoms with van der Waals surface area (Å²) in [6.45, 7) is 2.66. The Morgan fingerprint density at radius 1 is 1.00 bits per heavy atom. The molecule has 1 fully saturated rings. The quantitative estimate of drug-likeness (QED) is 0.540. The van der Waals surface area contributed by atoms with Crippen molar-refractivity contribution in [2.75, 3.05) is 24.5 Å². The van der Waals surface area contributed by atoms with Gasteiger partial charge in [-0.25, -0.2) is 0 Å². The number of hydrogen-bond acceptors (Lipinski definition) is 5. The van der Waals surface area contributed by atoms with Gasteiger partial charge >= 0.3 is 0 Å². The molecule has 4 rings (SSSR count). The van der Waals surface area contributed by atoms with Crippen LogP contribution >= 0.6 is 24.0 Å². The van der Waals surface area contributed by atoms with Gasteiger partial charge in [-0.1, -0.05) is 72.5 Å². The molecule has 31 heavy (non-hydrogen) atoms. The average Bonchev–Trinajstić information content (AvgIpc) is 3.21. The van der Waals surface area contributed by atoms with Crippen molar-refractivity contribution in [1.82, 2.24) is 10.2 Å². The van der Waals surface area contributed by atoms with Gasteiger partial charge in [0.25, 0.3) is 11.8 Å². The van der Waals surface area contributed by atoms with Crippen LogP contribution in [0.5, 0.6) is 0 Å². The highest BCUT2D eigenvalue weighted by molar-refractivity contribution is 8.26. The van der Waals surface area contributed by atoms with Crippen molar-refractivity contribution in [2.24, 2.45) is 0 Å². The summed E-state index contributed by atoms with van der Waals surface area (Å²) < 4.78 is 0.442. The molecule has 8 heteroatoms. The smallest absolute Gasteiger partial charge is 0.266 e. The number of carbonyl (C=O) groups is 3. The minimum Gasteiger partial charge on any atom is -0.354 e. The molecule has 0 aromatic heterocycles. The van der Waals surface area contributed by atoms with Gasteiger partial charge in [0.15, 0.2) is 0 Å². The highest BCUT2D eigenvalue weighted by Crippen LogP contribution is 2.44. The summed E-state index contributed by atoms with van der Waals surface area (Å²) in [7, 11) is 0. The predicted octanol–water partition coefficient (Wildman–Crippen LogP) is 2.98. The third-order valence-corrected chi connectivity index (χ3v) is 6.64. The monoisotopic (exact) mass is 451 g/mol. The first-order valence-corrected chi connectivity index (χ1v) is 11.2. The Bertz CT molecular complexity index is 1100. The number of likely N-dealkylation sites (N-methyl/N-ethyl adjacent to an activating group) is 1. The van der Waals surface area contributed by atoms with Gasteiger partial charge in [-0.15, -0.1) is 0 Å². The van der Waals surface area contributed by atoms with Gasteiger partial charge < -0.3 is 5.32 Å². The normalized spacial score (nSPS) is 18.0. The van der Waals surface area contributed by atoms with E-state index in [2.05, 4.69) is 5.32 Å². The molecule has 0 spiro atoms. The number of thiocarbonyl (C=S) groups is 1. The van der Waals surface area contributed by atoms with E-state index in [4.69, 9.17) is 12.2 Å². The lowest BCUT2D eigenvalue weighted by Crippen LogP contribution is -2.39. The maximum Gasteiger partial charge on any atom is 0.266 e. The molecule has 2 aliphatic heterocycles. The standard InChI is InChI=1S/C23H21N3O3S2/c1-2-25-22(29)20(31-23(25)30)19-16-10-6-7-11-17(16)26(21(19)28)14-18(27)24-13-12-15-8-4-3-5-9-15/h3-11H,2,12-14H2,1H3,(H,24,27)/b20-19-. The van der Waals surface area contributed by atoms with Crippen LogP contribution in [-0.4, -0.2) is 46.6 Å². The van der Waals surface area contributed by atoms with Crippen molar-refractivity contribution in [3.63, 3.8) is 0 Å². The molecule has 2 aromatic rings. The van der Waals surface area contributed by atoms with E-state index >= 15 is 0 Å². The van der Waals surface area contributed by atoms with Gasteiger partial charge in [-0.2, -0.15) is 0 Å². The van der Waals surface area contributed by atoms with E-state index in [1.165, 1.54) is 9.80 Å². The van der Waals surface area contributed by atoms with Crippen LogP contribution in [0.1, 0.15) is 18.1 Å². The molecule has 1 N–H and O–H groups in total. The molecule has 158 valence electrons. The first-order valence-electron chi connectivity index (χ1n) is 10.0. The number of hydrogen-bond donors (Lipinski definition) is 1. The fourth-order valence-corrected chi connectivity index (χ4v) is 5.12. The Morgan fingerprint density at radius 3 is 2.42 bits per heavy atom. The molecule has 6 nitrogen and oxygen atoms in total. The number of benzene rings is 2. The predicted molar refractivity (Wildman–Crippen MR) is 126 cm³/mol. The van der Waals surface area contributed by atoms with E-state index in [0.29, 0.717) is 45.6 Å². The SMILES string of the molecule is CCN1C(=O)/C(=C2/C(=O)N(CC(=O)NCCc3ccccc3)c3ccccc32)SC1=S. The zero-order valence-electron chi connectivity index (χ0n) is 17.0. The summed E-state index contributed by atoms with van der Waals surface area (Å²) >= 11 is 6.44. The van der Waals surface area contributed by atoms with Crippen LogP contribution in [0.15, 0.2) is 59.5 Å². The molecule has 2 aliphatic rings. The molecule has 0 atom stereocenters. The van der Waals surface area contributed by atoms with Crippen LogP contribution in [-0.2, 0) is 20.8 Å². The lowest BCUT2D eigenvalue weighted by Gasteiger charge is -2.16. The zero-order chi connectivity index (χ0) is 22.0. The second-order valence-electron chi connectivity index (χ2n) is 7.12. The third-order valence-electron chi connectivity index (χ3n) is 5.20. The molecule has 0 bridgehead atoms. The van der Waals surface area contributed by atoms with Crippen LogP contribution in [0.3, 0.4) is 0 Å². The van der Waals surface area contributed by atoms with Crippen molar-refractivity contribution < 1.29 is 14.4 Å². The number of anilines is 1. The van der Waals surface area contributed by atoms with Gasteiger partial charge in [0.2, 0.25) is 5.91 Å². The molecule has 0 radical (unpaired) electrons. The Kier molecular flexibility index (Phi) is 6.20. The number of nitrogens with one attached hydrogen (secondary N) is 1. The second kappa shape index (κ2) is 9.03. The second-order valence-corrected chi connectivity index (χ2v) is 8.76. The van der Waals surface area contributed by atoms with Crippen molar-refractivity contribution in [2.45, 2.75) is 13.3 Å². The van der Waals surface area contributed by atoms with Crippen molar-refractivity contribution in [3.05, 3.63) is 70.6 Å². The Hall–Kier alpha value is -2.97. The van der Waals surface area contributed by atoms with Gasteiger partial charge in [0, 0.05) is 18.7 Å². The number of fused-ring (bicyclic) bond motifs is 1. The summed E-state index contributed by atoms with van der Waals surface area (Å²) in [5, 5.41) is 2.88. The summed E-state index contributed by atoms with van der Waals surface area (Å²) in [5.74, 6) is -0.859. The third kappa shape index (κ3) is 4.13. The largest absolute Gasteiger partial charge is 0.354 e. The maximum absolute atomic E-state index is 13.3. The average molecular weight is 452 g/mol. The van der Waals surface area contributed by atoms with Crippen LogP contribution in [0, 0.1) is 0 Å². The highest BCUT2D eigenvalue weighted by atomic mass is 32.2. The summed E-state index contributed by atoms with van der Waals surface area (Å²) in [6.07, 6.45) is 0.710. The van der Waals surface area contributed by atoms with E-state index in [1.807, 2.05) is 49.4 Å². The van der Waals surface area contributed by atoms with Crippen molar-refractivity contribution >= 4 is 57.3 Å². The first-order chi connectivity index (χ1) is 15.0. The zero-order valence-corrected chi connectivity index (χ0v) is 18.6. The molecule has 2 aromatic carbocycles. The molecule has 2 heterocycles. The van der Waals surface area contributed by atoms with E-state index in [0.717, 1.165) is 17.3 Å². The molecule has 3 amide bonds. The van der Waals surface area contributed by atoms with Crippen molar-refractivity contribution in [3.8, 4) is 0 Å². The molecular formula is C23H21N3O3S2. The van der Waals surface area contributed by atoms with Crippen LogP contribution in [0.2, 0.25) is 0 Å². The van der Waals surface area contributed by atoms with Gasteiger partial charge in [-0.05, 0) is 25.0 Å². The van der Waals surface area contributed by atoms with Crippen LogP contribution < -0.4 is 10.2 Å². The van der Waals surface area contributed by atoms with Crippen LogP contribution in [0.25, 0.3) is 5.57 Å². The summed E-state index contributed by atoms with van der Waals surface area (Å²) in [6, 6.07) is 17.1. The number of amides is 3. The number of thioether (sulfide) groups is 1. The number of rotatable bonds is 6. The van der Waals surface area contributed by atoms with E-state index < -0.39 is 0 Å². The summed E-state index contributed by atoms with van der Waals surface area (Å²) in [4.78, 5) is 41.9. The number of carbonyl (C=O) groups excluding carboxylic acids is 3. The fraction of sp³-hybridized carbons (Fsp3) is 0.217. The molecular weight excluding hydrogens is 430 g/mol.